The molecule has 0 saturated carbocycles. The number of phenols is 1. The predicted octanol–water partition coefficient (Wildman–Crippen LogP) is 6.64. The molecule has 1 aromatic heterocycles. The van der Waals surface area contributed by atoms with Crippen molar-refractivity contribution in [1.29, 1.82) is 0 Å². The number of rotatable bonds is 8. The molecule has 0 amide bonds. The van der Waals surface area contributed by atoms with Gasteiger partial charge in [0, 0.05) is 46.2 Å². The van der Waals surface area contributed by atoms with Crippen LogP contribution in [0.25, 0.3) is 17.0 Å². The Labute approximate surface area is 209 Å². The molecule has 0 aliphatic carbocycles. The van der Waals surface area contributed by atoms with E-state index in [1.54, 1.807) is 24.6 Å². The molecular weight excluding hydrogens is 458 g/mol. The molecule has 4 rings (SSSR count). The van der Waals surface area contributed by atoms with E-state index in [0.29, 0.717) is 29.2 Å². The van der Waals surface area contributed by atoms with Gasteiger partial charge in [-0.05, 0) is 67.4 Å². The number of ketones is 1. The lowest BCUT2D eigenvalue weighted by Crippen LogP contribution is -2.05. The summed E-state index contributed by atoms with van der Waals surface area (Å²) in [5.74, 6) is 0.114. The zero-order valence-corrected chi connectivity index (χ0v) is 20.4. The monoisotopic (exact) mass is 483 g/mol. The number of allylic oxidation sites excluding steroid dienone is 1. The fraction of sp³-hybridized carbons (Fsp3) is 0.138. The maximum atomic E-state index is 12.4. The average molecular weight is 484 g/mol. The lowest BCUT2D eigenvalue weighted by molar-refractivity contribution is 0.104. The quantitative estimate of drug-likeness (QED) is 0.127. The number of pyridine rings is 1. The van der Waals surface area contributed by atoms with Crippen molar-refractivity contribution in [2.24, 2.45) is 4.99 Å². The SMILES string of the molecule is Cc1ccc(C(=O)/C=C/c2cc(C)c(O)c(C=NCCNc3ccnc4cc(Cl)ccc34)c2)cc1. The summed E-state index contributed by atoms with van der Waals surface area (Å²) in [5, 5.41) is 15.5. The smallest absolute Gasteiger partial charge is 0.185 e. The van der Waals surface area contributed by atoms with Gasteiger partial charge in [-0.2, -0.15) is 0 Å². The number of aliphatic imine (C=N–C) groups is 1. The highest BCUT2D eigenvalue weighted by atomic mass is 35.5. The van der Waals surface area contributed by atoms with Crippen LogP contribution in [0.15, 0.2) is 77.9 Å². The molecule has 3 aromatic carbocycles. The van der Waals surface area contributed by atoms with Crippen molar-refractivity contribution in [3.05, 3.63) is 106 Å². The van der Waals surface area contributed by atoms with Crippen molar-refractivity contribution in [2.45, 2.75) is 13.8 Å². The second-order valence-electron chi connectivity index (χ2n) is 8.32. The summed E-state index contributed by atoms with van der Waals surface area (Å²) in [6.45, 7) is 4.94. The standard InChI is InChI=1S/C29H26ClN3O2/c1-19-3-6-22(7-4-19)28(34)10-5-21-15-20(2)29(35)23(16-21)18-31-13-14-33-26-11-12-32-27-17-24(30)8-9-25(26)27/h3-12,15-18,35H,13-14H2,1-2H3,(H,32,33)/b10-5+,31-18?. The Balaban J connectivity index is 1.40. The van der Waals surface area contributed by atoms with Crippen molar-refractivity contribution in [2.75, 3.05) is 18.4 Å². The molecule has 0 bridgehead atoms. The van der Waals surface area contributed by atoms with Gasteiger partial charge in [0.05, 0.1) is 12.1 Å². The van der Waals surface area contributed by atoms with Crippen LogP contribution in [-0.4, -0.2) is 35.2 Å². The van der Waals surface area contributed by atoms with Crippen LogP contribution < -0.4 is 5.32 Å². The second-order valence-corrected chi connectivity index (χ2v) is 8.76. The zero-order chi connectivity index (χ0) is 24.8. The van der Waals surface area contributed by atoms with E-state index in [2.05, 4.69) is 15.3 Å². The Morgan fingerprint density at radius 3 is 2.69 bits per heavy atom. The molecule has 0 saturated heterocycles. The number of halogens is 1. The molecule has 35 heavy (non-hydrogen) atoms. The zero-order valence-electron chi connectivity index (χ0n) is 19.6. The molecule has 0 atom stereocenters. The Bertz CT molecular complexity index is 1430. The van der Waals surface area contributed by atoms with Crippen molar-refractivity contribution >= 4 is 46.3 Å². The van der Waals surface area contributed by atoms with Crippen molar-refractivity contribution < 1.29 is 9.90 Å². The third kappa shape index (κ3) is 6.14. The van der Waals surface area contributed by atoms with Crippen LogP contribution >= 0.6 is 11.6 Å². The van der Waals surface area contributed by atoms with Crippen LogP contribution in [0.5, 0.6) is 5.75 Å². The fourth-order valence-corrected chi connectivity index (χ4v) is 3.88. The lowest BCUT2D eigenvalue weighted by Gasteiger charge is -2.08. The fourth-order valence-electron chi connectivity index (χ4n) is 3.71. The minimum atomic E-state index is -0.0667. The van der Waals surface area contributed by atoms with Gasteiger partial charge in [-0.15, -0.1) is 0 Å². The highest BCUT2D eigenvalue weighted by Crippen LogP contribution is 2.25. The minimum Gasteiger partial charge on any atom is -0.507 e. The number of aryl methyl sites for hydroxylation is 2. The first kappa shape index (κ1) is 24.2. The molecule has 4 aromatic rings. The molecule has 2 N–H and O–H groups in total. The van der Waals surface area contributed by atoms with Gasteiger partial charge in [-0.1, -0.05) is 47.5 Å². The van der Waals surface area contributed by atoms with E-state index in [4.69, 9.17) is 11.6 Å². The summed E-state index contributed by atoms with van der Waals surface area (Å²) in [5.41, 5.74) is 5.69. The minimum absolute atomic E-state index is 0.0667. The van der Waals surface area contributed by atoms with E-state index in [1.165, 1.54) is 0 Å². The Morgan fingerprint density at radius 2 is 1.89 bits per heavy atom. The topological polar surface area (TPSA) is 74.6 Å². The van der Waals surface area contributed by atoms with Gasteiger partial charge in [-0.3, -0.25) is 14.8 Å². The molecular formula is C29H26ClN3O2. The van der Waals surface area contributed by atoms with Gasteiger partial charge in [0.1, 0.15) is 5.75 Å². The second kappa shape index (κ2) is 11.0. The number of nitrogens with zero attached hydrogens (tertiary/aromatic N) is 2. The number of hydrogen-bond acceptors (Lipinski definition) is 5. The maximum absolute atomic E-state index is 12.4. The molecule has 6 heteroatoms. The summed E-state index contributed by atoms with van der Waals surface area (Å²) in [7, 11) is 0. The third-order valence-electron chi connectivity index (χ3n) is 5.61. The predicted molar refractivity (Wildman–Crippen MR) is 145 cm³/mol. The molecule has 0 spiro atoms. The summed E-state index contributed by atoms with van der Waals surface area (Å²) in [6, 6.07) is 18.7. The van der Waals surface area contributed by atoms with E-state index in [-0.39, 0.29) is 11.5 Å². The number of aromatic nitrogens is 1. The third-order valence-corrected chi connectivity index (χ3v) is 5.84. The summed E-state index contributed by atoms with van der Waals surface area (Å²) in [4.78, 5) is 21.3. The molecule has 176 valence electrons. The highest BCUT2D eigenvalue weighted by Gasteiger charge is 2.06. The highest BCUT2D eigenvalue weighted by molar-refractivity contribution is 6.31. The average Bonchev–Trinajstić information content (AvgIpc) is 2.85. The lowest BCUT2D eigenvalue weighted by atomic mass is 10.0. The molecule has 5 nitrogen and oxygen atoms in total. The molecule has 0 aliphatic rings. The number of phenolic OH excluding ortho intramolecular Hbond substituents is 1. The molecule has 1 heterocycles. The summed E-state index contributed by atoms with van der Waals surface area (Å²) < 4.78 is 0. The van der Waals surface area contributed by atoms with Gasteiger partial charge in [0.2, 0.25) is 0 Å². The van der Waals surface area contributed by atoms with Gasteiger partial charge in [0.15, 0.2) is 5.78 Å². The first-order valence-corrected chi connectivity index (χ1v) is 11.7. The molecule has 0 aliphatic heterocycles. The van der Waals surface area contributed by atoms with Gasteiger partial charge < -0.3 is 10.4 Å². The number of benzene rings is 3. The Morgan fingerprint density at radius 1 is 1.09 bits per heavy atom. The van der Waals surface area contributed by atoms with E-state index < -0.39 is 0 Å². The number of aromatic hydroxyl groups is 1. The number of nitrogens with one attached hydrogen (secondary N) is 1. The van der Waals surface area contributed by atoms with E-state index >= 15 is 0 Å². The number of carbonyl (C=O) groups is 1. The number of fused-ring (bicyclic) bond motifs is 1. The normalized spacial score (nSPS) is 11.5. The number of hydrogen-bond donors (Lipinski definition) is 2. The molecule has 0 unspecified atom stereocenters. The largest absolute Gasteiger partial charge is 0.507 e. The summed E-state index contributed by atoms with van der Waals surface area (Å²) >= 11 is 6.06. The van der Waals surface area contributed by atoms with Gasteiger partial charge in [-0.25, -0.2) is 0 Å². The first-order chi connectivity index (χ1) is 16.9. The molecule has 0 radical (unpaired) electrons. The first-order valence-electron chi connectivity index (χ1n) is 11.3. The van der Waals surface area contributed by atoms with Gasteiger partial charge in [0.25, 0.3) is 0 Å². The van der Waals surface area contributed by atoms with Crippen molar-refractivity contribution in [1.82, 2.24) is 4.98 Å². The number of carbonyl (C=O) groups excluding carboxylic acids is 1. The van der Waals surface area contributed by atoms with Crippen LogP contribution in [0.4, 0.5) is 5.69 Å². The van der Waals surface area contributed by atoms with Crippen LogP contribution in [0, 0.1) is 13.8 Å². The Hall–Kier alpha value is -3.96. The van der Waals surface area contributed by atoms with Crippen LogP contribution in [0.2, 0.25) is 5.02 Å². The van der Waals surface area contributed by atoms with Crippen LogP contribution in [-0.2, 0) is 0 Å². The van der Waals surface area contributed by atoms with E-state index in [1.807, 2.05) is 74.5 Å². The summed E-state index contributed by atoms with van der Waals surface area (Å²) in [6.07, 6.45) is 6.71. The van der Waals surface area contributed by atoms with Crippen molar-refractivity contribution in [3.63, 3.8) is 0 Å². The van der Waals surface area contributed by atoms with Crippen LogP contribution in [0.3, 0.4) is 0 Å². The van der Waals surface area contributed by atoms with Crippen molar-refractivity contribution in [3.8, 4) is 5.75 Å². The Kier molecular flexibility index (Phi) is 7.58. The van der Waals surface area contributed by atoms with E-state index in [9.17, 15) is 9.90 Å². The maximum Gasteiger partial charge on any atom is 0.185 e. The van der Waals surface area contributed by atoms with Gasteiger partial charge >= 0.3 is 0 Å². The van der Waals surface area contributed by atoms with E-state index in [0.717, 1.165) is 33.3 Å². The number of anilines is 1. The van der Waals surface area contributed by atoms with Crippen LogP contribution in [0.1, 0.15) is 32.6 Å². The molecule has 0 fully saturated rings.